The van der Waals surface area contributed by atoms with Crippen molar-refractivity contribution in [1.29, 1.82) is 0 Å². The van der Waals surface area contributed by atoms with Crippen molar-refractivity contribution < 1.29 is 37.4 Å². The number of amidine groups is 1. The molecule has 0 spiro atoms. The van der Waals surface area contributed by atoms with Crippen molar-refractivity contribution in [1.82, 2.24) is 15.2 Å². The van der Waals surface area contributed by atoms with Crippen LogP contribution < -0.4 is 5.32 Å². The van der Waals surface area contributed by atoms with Gasteiger partial charge in [-0.3, -0.25) is 19.7 Å². The summed E-state index contributed by atoms with van der Waals surface area (Å²) >= 11 is 6.20. The number of carboxylic acid groups (broad SMARTS) is 2. The summed E-state index contributed by atoms with van der Waals surface area (Å²) in [5.41, 5.74) is -0.404. The SMILES string of the molecule is Cc1c(F)ccnc1C1=N[C@@H](c2ccc(F)cc2Cl)C(C(=O)O)=C(CN2CC(F)(F)C[C@H]2C(=O)O)N1. The molecule has 0 radical (unpaired) electrons. The largest absolute Gasteiger partial charge is 0.480 e. The first-order valence-corrected chi connectivity index (χ1v) is 11.0. The number of carbonyl (C=O) groups is 2. The van der Waals surface area contributed by atoms with Crippen molar-refractivity contribution >= 4 is 29.4 Å². The van der Waals surface area contributed by atoms with E-state index in [1.54, 1.807) is 0 Å². The average Bonchev–Trinajstić information content (AvgIpc) is 3.09. The Bertz CT molecular complexity index is 1320. The van der Waals surface area contributed by atoms with Gasteiger partial charge in [-0.1, -0.05) is 17.7 Å². The fraction of sp³-hybridized carbons (Fsp3) is 0.304. The molecular weight excluding hydrogens is 508 g/mol. The summed E-state index contributed by atoms with van der Waals surface area (Å²) in [5.74, 6) is -7.69. The number of aliphatic carboxylic acids is 2. The van der Waals surface area contributed by atoms with Gasteiger partial charge >= 0.3 is 11.9 Å². The van der Waals surface area contributed by atoms with Gasteiger partial charge in [0.2, 0.25) is 0 Å². The van der Waals surface area contributed by atoms with Gasteiger partial charge in [0.15, 0.2) is 5.84 Å². The van der Waals surface area contributed by atoms with Gasteiger partial charge in [-0.05, 0) is 25.1 Å². The van der Waals surface area contributed by atoms with E-state index in [1.165, 1.54) is 19.2 Å². The second kappa shape index (κ2) is 9.51. The number of rotatable bonds is 6. The van der Waals surface area contributed by atoms with Gasteiger partial charge in [-0.15, -0.1) is 0 Å². The first-order chi connectivity index (χ1) is 16.9. The predicted octanol–water partition coefficient (Wildman–Crippen LogP) is 3.55. The number of hydrogen-bond acceptors (Lipinski definition) is 6. The first kappa shape index (κ1) is 25.6. The highest BCUT2D eigenvalue weighted by Gasteiger charge is 2.49. The number of aliphatic imine (C=N–C) groups is 1. The fourth-order valence-electron chi connectivity index (χ4n) is 4.29. The van der Waals surface area contributed by atoms with Crippen molar-refractivity contribution in [2.24, 2.45) is 4.99 Å². The second-order valence-corrected chi connectivity index (χ2v) is 8.86. The molecule has 0 bridgehead atoms. The third-order valence-electron chi connectivity index (χ3n) is 5.99. The summed E-state index contributed by atoms with van der Waals surface area (Å²) in [6, 6.07) is 1.40. The van der Waals surface area contributed by atoms with E-state index in [9.17, 15) is 37.4 Å². The summed E-state index contributed by atoms with van der Waals surface area (Å²) in [4.78, 5) is 33.4. The number of halogens is 5. The summed E-state index contributed by atoms with van der Waals surface area (Å²) in [7, 11) is 0. The molecule has 2 aliphatic heterocycles. The molecule has 13 heteroatoms. The highest BCUT2D eigenvalue weighted by Crippen LogP contribution is 2.38. The summed E-state index contributed by atoms with van der Waals surface area (Å²) in [6.07, 6.45) is 0.218. The number of pyridine rings is 1. The maximum absolute atomic E-state index is 14.3. The zero-order valence-electron chi connectivity index (χ0n) is 18.6. The number of nitrogens with one attached hydrogen (secondary N) is 1. The smallest absolute Gasteiger partial charge is 0.335 e. The Morgan fingerprint density at radius 3 is 2.61 bits per heavy atom. The lowest BCUT2D eigenvalue weighted by molar-refractivity contribution is -0.142. The molecular formula is C23H19ClF4N4O4. The van der Waals surface area contributed by atoms with Crippen LogP contribution in [0.15, 0.2) is 46.7 Å². The van der Waals surface area contributed by atoms with Crippen LogP contribution in [0.2, 0.25) is 5.02 Å². The normalized spacial score (nSPS) is 21.8. The van der Waals surface area contributed by atoms with Crippen molar-refractivity contribution in [2.75, 3.05) is 13.1 Å². The van der Waals surface area contributed by atoms with Crippen molar-refractivity contribution in [3.05, 3.63) is 75.2 Å². The standard InChI is InChI=1S/C23H19ClF4N4O4/c1-10-14(26)4-5-29-18(10)20-30-15(8-32-9-23(27,28)7-16(32)21(33)34)17(22(35)36)19(31-20)12-3-2-11(25)6-13(12)24/h2-6,16,19H,7-9H2,1H3,(H,30,31)(H,33,34)(H,35,36)/t16-,19-/m0/s1. The molecule has 1 aromatic carbocycles. The first-order valence-electron chi connectivity index (χ1n) is 10.6. The van der Waals surface area contributed by atoms with Crippen molar-refractivity contribution in [2.45, 2.75) is 31.4 Å². The molecule has 3 N–H and O–H groups in total. The van der Waals surface area contributed by atoms with Crippen molar-refractivity contribution in [3.8, 4) is 0 Å². The molecule has 2 aliphatic rings. The molecule has 0 amide bonds. The van der Waals surface area contributed by atoms with E-state index < -0.39 is 66.7 Å². The van der Waals surface area contributed by atoms with Gasteiger partial charge in [0, 0.05) is 41.0 Å². The van der Waals surface area contributed by atoms with Crippen LogP contribution in [0.5, 0.6) is 0 Å². The van der Waals surface area contributed by atoms with Gasteiger partial charge in [0.25, 0.3) is 5.92 Å². The van der Waals surface area contributed by atoms with Crippen LogP contribution in [0.1, 0.15) is 29.3 Å². The second-order valence-electron chi connectivity index (χ2n) is 8.45. The number of aromatic nitrogens is 1. The van der Waals surface area contributed by atoms with Crippen LogP contribution in [0.3, 0.4) is 0 Å². The molecule has 0 unspecified atom stereocenters. The van der Waals surface area contributed by atoms with Gasteiger partial charge in [-0.25, -0.2) is 22.4 Å². The molecule has 8 nitrogen and oxygen atoms in total. The van der Waals surface area contributed by atoms with Gasteiger partial charge in [-0.2, -0.15) is 0 Å². The summed E-state index contributed by atoms with van der Waals surface area (Å²) < 4.78 is 56.2. The molecule has 1 aromatic heterocycles. The van der Waals surface area contributed by atoms with Crippen LogP contribution in [0.4, 0.5) is 17.6 Å². The molecule has 1 fully saturated rings. The average molecular weight is 527 g/mol. The number of nitrogens with zero attached hydrogens (tertiary/aromatic N) is 3. The topological polar surface area (TPSA) is 115 Å². The van der Waals surface area contributed by atoms with E-state index in [2.05, 4.69) is 15.3 Å². The maximum atomic E-state index is 14.3. The third-order valence-corrected chi connectivity index (χ3v) is 6.32. The third kappa shape index (κ3) is 4.91. The fourth-order valence-corrected chi connectivity index (χ4v) is 4.56. The zero-order valence-corrected chi connectivity index (χ0v) is 19.4. The Morgan fingerprint density at radius 1 is 1.25 bits per heavy atom. The molecule has 0 aliphatic carbocycles. The van der Waals surface area contributed by atoms with Gasteiger partial charge < -0.3 is 15.5 Å². The quantitative estimate of drug-likeness (QED) is 0.493. The monoisotopic (exact) mass is 526 g/mol. The maximum Gasteiger partial charge on any atom is 0.335 e. The number of benzene rings is 1. The van der Waals surface area contributed by atoms with Crippen LogP contribution in [-0.2, 0) is 9.59 Å². The molecule has 2 atom stereocenters. The lowest BCUT2D eigenvalue weighted by atomic mass is 9.94. The highest BCUT2D eigenvalue weighted by atomic mass is 35.5. The Hall–Kier alpha value is -3.51. The number of carboxylic acids is 2. The lowest BCUT2D eigenvalue weighted by Gasteiger charge is -2.30. The minimum absolute atomic E-state index is 0.0155. The number of alkyl halides is 2. The Morgan fingerprint density at radius 2 is 1.97 bits per heavy atom. The van der Waals surface area contributed by atoms with Crippen LogP contribution in [0.25, 0.3) is 0 Å². The molecule has 1 saturated heterocycles. The van der Waals surface area contributed by atoms with E-state index >= 15 is 0 Å². The highest BCUT2D eigenvalue weighted by molar-refractivity contribution is 6.31. The lowest BCUT2D eigenvalue weighted by Crippen LogP contribution is -2.43. The summed E-state index contributed by atoms with van der Waals surface area (Å²) in [6.45, 7) is -0.0377. The Labute approximate surface area is 206 Å². The predicted molar refractivity (Wildman–Crippen MR) is 120 cm³/mol. The van der Waals surface area contributed by atoms with E-state index in [-0.39, 0.29) is 33.4 Å². The van der Waals surface area contributed by atoms with E-state index in [0.29, 0.717) is 0 Å². The number of hydrogen-bond donors (Lipinski definition) is 3. The van der Waals surface area contributed by atoms with Gasteiger partial charge in [0.05, 0.1) is 12.1 Å². The molecule has 4 rings (SSSR count). The number of likely N-dealkylation sites (tertiary alicyclic amines) is 1. The molecule has 190 valence electrons. The molecule has 0 saturated carbocycles. The molecule has 36 heavy (non-hydrogen) atoms. The molecule has 3 heterocycles. The zero-order chi connectivity index (χ0) is 26.4. The minimum Gasteiger partial charge on any atom is -0.480 e. The van der Waals surface area contributed by atoms with E-state index in [4.69, 9.17) is 11.6 Å². The van der Waals surface area contributed by atoms with Crippen LogP contribution in [-0.4, -0.2) is 62.9 Å². The Balaban J connectivity index is 1.87. The van der Waals surface area contributed by atoms with E-state index in [0.717, 1.165) is 23.1 Å². The van der Waals surface area contributed by atoms with Crippen LogP contribution >= 0.6 is 11.6 Å². The van der Waals surface area contributed by atoms with Crippen LogP contribution in [0, 0.1) is 18.6 Å². The van der Waals surface area contributed by atoms with Gasteiger partial charge in [0.1, 0.15) is 29.4 Å². The van der Waals surface area contributed by atoms with Crippen molar-refractivity contribution in [3.63, 3.8) is 0 Å². The molecule has 2 aromatic rings. The minimum atomic E-state index is -3.31. The van der Waals surface area contributed by atoms with E-state index in [1.807, 2.05) is 0 Å². The Kier molecular flexibility index (Phi) is 6.76. The summed E-state index contributed by atoms with van der Waals surface area (Å²) in [5, 5.41) is 22.1.